The molecule has 1 aromatic heterocycles. The van der Waals surface area contributed by atoms with Crippen LogP contribution in [-0.4, -0.2) is 26.3 Å². The van der Waals surface area contributed by atoms with Gasteiger partial charge in [-0.25, -0.2) is 8.42 Å². The van der Waals surface area contributed by atoms with E-state index >= 15 is 0 Å². The number of nitrogens with zero attached hydrogens (tertiary/aromatic N) is 1. The van der Waals surface area contributed by atoms with E-state index in [4.69, 9.17) is 17.8 Å². The van der Waals surface area contributed by atoms with Gasteiger partial charge in [0.05, 0.1) is 10.1 Å². The van der Waals surface area contributed by atoms with Crippen LogP contribution in [0, 0.1) is 6.92 Å². The maximum Gasteiger partial charge on any atom is 0.222 e. The Bertz CT molecular complexity index is 349. The lowest BCUT2D eigenvalue weighted by Crippen LogP contribution is -2.39. The molecule has 0 aliphatic carbocycles. The molecule has 0 fully saturated rings. The molecule has 0 N–H and O–H groups in total. The fourth-order valence-electron chi connectivity index (χ4n) is 0.609. The topological polar surface area (TPSA) is 70.3 Å². The smallest absolute Gasteiger partial charge is 0.222 e. The number of aromatic nitrogens is 1. The highest BCUT2D eigenvalue weighted by molar-refractivity contribution is 7.84. The van der Waals surface area contributed by atoms with E-state index in [1.54, 1.807) is 11.8 Å². The lowest BCUT2D eigenvalue weighted by atomic mass is 10.3. The molecule has 0 spiro atoms. The van der Waals surface area contributed by atoms with Gasteiger partial charge < -0.3 is 4.55 Å². The van der Waals surface area contributed by atoms with Crippen molar-refractivity contribution in [2.75, 3.05) is 13.4 Å². The second-order valence-electron chi connectivity index (χ2n) is 2.62. The minimum Gasteiger partial charge on any atom is -0.748 e. The molecule has 0 radical (unpaired) electrons. The first-order chi connectivity index (χ1) is 6.33. The molecule has 14 heavy (non-hydrogen) atoms. The van der Waals surface area contributed by atoms with Crippen LogP contribution in [0.1, 0.15) is 5.56 Å². The molecule has 80 valence electrons. The van der Waals surface area contributed by atoms with E-state index < -0.39 is 10.1 Å². The van der Waals surface area contributed by atoms with Crippen molar-refractivity contribution in [2.45, 2.75) is 6.92 Å². The Balaban J connectivity index is 0.000000292. The van der Waals surface area contributed by atoms with Crippen LogP contribution in [0.25, 0.3) is 0 Å². The summed E-state index contributed by atoms with van der Waals surface area (Å²) in [6.45, 7) is 2.04. The molecule has 1 aromatic rings. The van der Waals surface area contributed by atoms with Gasteiger partial charge in [-0.2, -0.15) is 0 Å². The standard InChI is InChI=1S/C7H10NO.CH4O3S/c1-7-3-5-8(9-2)6-4-7;1-5(2,3)4/h3-6H,1-2H3;1H3,(H,2,3,4)/q+1;/p-1. The molecule has 5 nitrogen and oxygen atoms in total. The number of pyridine rings is 1. The summed E-state index contributed by atoms with van der Waals surface area (Å²) in [5, 5.41) is 0. The highest BCUT2D eigenvalue weighted by Crippen LogP contribution is 1.87. The van der Waals surface area contributed by atoms with E-state index in [1.807, 2.05) is 31.5 Å². The lowest BCUT2D eigenvalue weighted by molar-refractivity contribution is -0.885. The molecular weight excluding hydrogens is 206 g/mol. The van der Waals surface area contributed by atoms with Gasteiger partial charge in [0.25, 0.3) is 0 Å². The highest BCUT2D eigenvalue weighted by atomic mass is 32.2. The fourth-order valence-corrected chi connectivity index (χ4v) is 0.609. The van der Waals surface area contributed by atoms with Crippen LogP contribution in [0.5, 0.6) is 0 Å². The van der Waals surface area contributed by atoms with Crippen LogP contribution in [-0.2, 0) is 10.1 Å². The average Bonchev–Trinajstić information content (AvgIpc) is 2.03. The van der Waals surface area contributed by atoms with Crippen molar-refractivity contribution < 1.29 is 22.5 Å². The summed E-state index contributed by atoms with van der Waals surface area (Å²) in [6, 6.07) is 3.98. The Morgan fingerprint density at radius 1 is 1.36 bits per heavy atom. The van der Waals surface area contributed by atoms with Gasteiger partial charge in [0.15, 0.2) is 0 Å². The van der Waals surface area contributed by atoms with Crippen LogP contribution in [0.15, 0.2) is 24.5 Å². The summed E-state index contributed by atoms with van der Waals surface area (Å²) in [7, 11) is -2.28. The van der Waals surface area contributed by atoms with Crippen LogP contribution in [0.3, 0.4) is 0 Å². The Morgan fingerprint density at radius 3 is 2.00 bits per heavy atom. The van der Waals surface area contributed by atoms with E-state index in [9.17, 15) is 0 Å². The van der Waals surface area contributed by atoms with E-state index in [0.29, 0.717) is 6.26 Å². The Morgan fingerprint density at radius 2 is 1.71 bits per heavy atom. The average molecular weight is 219 g/mol. The molecular formula is C8H13NO4S. The monoisotopic (exact) mass is 219 g/mol. The molecule has 0 unspecified atom stereocenters. The predicted molar refractivity (Wildman–Crippen MR) is 49.5 cm³/mol. The SMILES string of the molecule is CO[n+]1ccc(C)cc1.CS(=O)(=O)[O-]. The van der Waals surface area contributed by atoms with Crippen LogP contribution in [0.2, 0.25) is 0 Å². The molecule has 0 aromatic carbocycles. The van der Waals surface area contributed by atoms with E-state index in [2.05, 4.69) is 0 Å². The largest absolute Gasteiger partial charge is 0.748 e. The van der Waals surface area contributed by atoms with Crippen molar-refractivity contribution in [1.29, 1.82) is 0 Å². The summed E-state index contributed by atoms with van der Waals surface area (Å²) < 4.78 is 28.9. The second kappa shape index (κ2) is 5.56. The van der Waals surface area contributed by atoms with Crippen LogP contribution >= 0.6 is 0 Å². The van der Waals surface area contributed by atoms with E-state index in [-0.39, 0.29) is 0 Å². The summed E-state index contributed by atoms with van der Waals surface area (Å²) in [5.41, 5.74) is 1.24. The first kappa shape index (κ1) is 12.9. The number of rotatable bonds is 1. The summed E-state index contributed by atoms with van der Waals surface area (Å²) in [6.07, 6.45) is 4.34. The van der Waals surface area contributed by atoms with Crippen molar-refractivity contribution in [1.82, 2.24) is 0 Å². The normalized spacial score (nSPS) is 10.0. The van der Waals surface area contributed by atoms with E-state index in [1.165, 1.54) is 5.56 Å². The van der Waals surface area contributed by atoms with Gasteiger partial charge in [0, 0.05) is 23.1 Å². The van der Waals surface area contributed by atoms with Crippen molar-refractivity contribution in [3.8, 4) is 0 Å². The fraction of sp³-hybridized carbons (Fsp3) is 0.375. The maximum atomic E-state index is 9.08. The second-order valence-corrected chi connectivity index (χ2v) is 4.03. The molecule has 6 heteroatoms. The zero-order valence-corrected chi connectivity index (χ0v) is 9.11. The molecule has 1 heterocycles. The third-order valence-electron chi connectivity index (χ3n) is 1.18. The minimum atomic E-state index is -3.92. The lowest BCUT2D eigenvalue weighted by Gasteiger charge is -1.90. The molecule has 0 saturated heterocycles. The quantitative estimate of drug-likeness (QED) is 0.471. The number of hydrogen-bond acceptors (Lipinski definition) is 4. The van der Waals surface area contributed by atoms with Crippen molar-refractivity contribution >= 4 is 10.1 Å². The summed E-state index contributed by atoms with van der Waals surface area (Å²) in [5.74, 6) is 0. The third-order valence-corrected chi connectivity index (χ3v) is 1.18. The Kier molecular flexibility index (Phi) is 5.11. The summed E-state index contributed by atoms with van der Waals surface area (Å²) >= 11 is 0. The molecule has 0 aliphatic heterocycles. The van der Waals surface area contributed by atoms with Gasteiger partial charge in [0.1, 0.15) is 7.11 Å². The van der Waals surface area contributed by atoms with Gasteiger partial charge in [-0.1, -0.05) is 0 Å². The zero-order chi connectivity index (χ0) is 11.2. The minimum absolute atomic E-state index is 0.604. The van der Waals surface area contributed by atoms with Crippen LogP contribution in [0.4, 0.5) is 0 Å². The molecule has 0 atom stereocenters. The van der Waals surface area contributed by atoms with Crippen LogP contribution < -0.4 is 9.57 Å². The maximum absolute atomic E-state index is 9.08. The van der Waals surface area contributed by atoms with Gasteiger partial charge in [-0.15, -0.1) is 0 Å². The van der Waals surface area contributed by atoms with Crippen molar-refractivity contribution in [3.63, 3.8) is 0 Å². The zero-order valence-electron chi connectivity index (χ0n) is 8.30. The highest BCUT2D eigenvalue weighted by Gasteiger charge is 1.93. The van der Waals surface area contributed by atoms with E-state index in [0.717, 1.165) is 0 Å². The molecule has 0 bridgehead atoms. The first-order valence-corrected chi connectivity index (χ1v) is 5.58. The Hall–Kier alpha value is -1.14. The van der Waals surface area contributed by atoms with Crippen molar-refractivity contribution in [2.24, 2.45) is 0 Å². The van der Waals surface area contributed by atoms with Gasteiger partial charge in [-0.05, 0) is 12.5 Å². The number of aryl methyl sites for hydroxylation is 1. The molecule has 0 aliphatic rings. The summed E-state index contributed by atoms with van der Waals surface area (Å²) in [4.78, 5) is 4.89. The molecule has 1 rings (SSSR count). The van der Waals surface area contributed by atoms with Gasteiger partial charge in [-0.3, -0.25) is 4.84 Å². The molecule has 0 amide bonds. The Labute approximate surface area is 83.7 Å². The number of hydrogen-bond donors (Lipinski definition) is 0. The van der Waals surface area contributed by atoms with Crippen molar-refractivity contribution in [3.05, 3.63) is 30.1 Å². The molecule has 0 saturated carbocycles. The van der Waals surface area contributed by atoms with Gasteiger partial charge in [0.2, 0.25) is 12.4 Å². The van der Waals surface area contributed by atoms with Gasteiger partial charge >= 0.3 is 0 Å². The first-order valence-electron chi connectivity index (χ1n) is 3.76. The third kappa shape index (κ3) is 8.95. The predicted octanol–water partition coefficient (Wildman–Crippen LogP) is -0.498.